The van der Waals surface area contributed by atoms with Crippen molar-refractivity contribution >= 4 is 21.9 Å². The van der Waals surface area contributed by atoms with E-state index in [-0.39, 0.29) is 0 Å². The van der Waals surface area contributed by atoms with Gasteiger partial charge < -0.3 is 14.0 Å². The molecule has 38 heavy (non-hydrogen) atoms. The van der Waals surface area contributed by atoms with Gasteiger partial charge in [-0.3, -0.25) is 9.55 Å². The second-order valence-electron chi connectivity index (χ2n) is 8.63. The summed E-state index contributed by atoms with van der Waals surface area (Å²) in [6.07, 6.45) is 5.44. The molecular formula is C30H22N6O2. The summed E-state index contributed by atoms with van der Waals surface area (Å²) >= 11 is 0. The molecule has 0 unspecified atom stereocenters. The molecule has 0 radical (unpaired) electrons. The van der Waals surface area contributed by atoms with E-state index in [0.29, 0.717) is 11.5 Å². The summed E-state index contributed by atoms with van der Waals surface area (Å²) in [4.78, 5) is 13.2. The van der Waals surface area contributed by atoms with E-state index in [0.717, 1.165) is 50.2 Å². The third-order valence-electron chi connectivity index (χ3n) is 6.41. The van der Waals surface area contributed by atoms with E-state index in [9.17, 15) is 5.26 Å². The lowest BCUT2D eigenvalue weighted by molar-refractivity contribution is 0.398. The molecule has 3 heterocycles. The van der Waals surface area contributed by atoms with Gasteiger partial charge in [0.1, 0.15) is 11.5 Å². The van der Waals surface area contributed by atoms with Crippen molar-refractivity contribution in [2.24, 2.45) is 12.0 Å². The van der Waals surface area contributed by atoms with E-state index in [1.807, 2.05) is 89.1 Å². The number of nitrogens with zero attached hydrogens (tertiary/aromatic N) is 6. The number of para-hydroxylation sites is 1. The van der Waals surface area contributed by atoms with E-state index in [1.54, 1.807) is 25.6 Å². The first-order valence-electron chi connectivity index (χ1n) is 11.9. The van der Waals surface area contributed by atoms with Crippen LogP contribution in [-0.2, 0) is 7.05 Å². The van der Waals surface area contributed by atoms with E-state index >= 15 is 0 Å². The number of aromatic nitrogens is 4. The maximum absolute atomic E-state index is 9.44. The van der Waals surface area contributed by atoms with Gasteiger partial charge in [0.15, 0.2) is 0 Å². The Labute approximate surface area is 218 Å². The summed E-state index contributed by atoms with van der Waals surface area (Å²) < 4.78 is 15.0. The van der Waals surface area contributed by atoms with Crippen molar-refractivity contribution in [1.29, 1.82) is 5.26 Å². The largest absolute Gasteiger partial charge is 0.481 e. The van der Waals surface area contributed by atoms with Crippen LogP contribution in [0.1, 0.15) is 0 Å². The average molecular weight is 499 g/mol. The number of methoxy groups -OCH3 is 1. The van der Waals surface area contributed by atoms with Crippen LogP contribution in [0.5, 0.6) is 17.4 Å². The highest BCUT2D eigenvalue weighted by molar-refractivity contribution is 6.04. The van der Waals surface area contributed by atoms with Crippen LogP contribution >= 0.6 is 0 Å². The molecule has 0 bridgehead atoms. The zero-order chi connectivity index (χ0) is 26.1. The second kappa shape index (κ2) is 9.56. The molecule has 0 aliphatic carbocycles. The Morgan fingerprint density at radius 1 is 0.842 bits per heavy atom. The molecule has 3 aromatic heterocycles. The van der Waals surface area contributed by atoms with Crippen molar-refractivity contribution in [2.45, 2.75) is 0 Å². The van der Waals surface area contributed by atoms with Crippen LogP contribution in [-0.4, -0.2) is 26.2 Å². The Morgan fingerprint density at radius 2 is 1.61 bits per heavy atom. The predicted octanol–water partition coefficient (Wildman–Crippen LogP) is 5.76. The molecule has 0 aliphatic heterocycles. The summed E-state index contributed by atoms with van der Waals surface area (Å²) in [5.74, 6) is 2.06. The van der Waals surface area contributed by atoms with Gasteiger partial charge in [-0.05, 0) is 53.6 Å². The third-order valence-corrected chi connectivity index (χ3v) is 6.41. The molecule has 0 saturated heterocycles. The first-order valence-corrected chi connectivity index (χ1v) is 11.9. The van der Waals surface area contributed by atoms with Crippen LogP contribution < -0.4 is 15.1 Å². The molecule has 6 rings (SSSR count). The molecule has 0 fully saturated rings. The molecule has 3 aromatic carbocycles. The minimum atomic E-state index is 0.469. The Bertz CT molecular complexity index is 1880. The number of ether oxygens (including phenoxy) is 2. The van der Waals surface area contributed by atoms with Crippen LogP contribution in [0.2, 0.25) is 0 Å². The number of nitriles is 1. The molecule has 6 aromatic rings. The van der Waals surface area contributed by atoms with Gasteiger partial charge in [-0.15, -0.1) is 4.99 Å². The monoisotopic (exact) mass is 498 g/mol. The lowest BCUT2D eigenvalue weighted by Gasteiger charge is -2.10. The predicted molar refractivity (Wildman–Crippen MR) is 145 cm³/mol. The number of benzene rings is 3. The van der Waals surface area contributed by atoms with Gasteiger partial charge in [0.05, 0.1) is 41.7 Å². The highest BCUT2D eigenvalue weighted by atomic mass is 16.5. The molecule has 0 aliphatic rings. The van der Waals surface area contributed by atoms with Gasteiger partial charge in [-0.2, -0.15) is 5.26 Å². The van der Waals surface area contributed by atoms with Crippen LogP contribution in [0, 0.1) is 11.5 Å². The molecule has 0 spiro atoms. The van der Waals surface area contributed by atoms with Crippen molar-refractivity contribution in [3.05, 3.63) is 103 Å². The molecule has 0 amide bonds. The summed E-state index contributed by atoms with van der Waals surface area (Å²) in [6, 6.07) is 27.5. The Kier molecular flexibility index (Phi) is 5.79. The number of hydrogen-bond donors (Lipinski definition) is 0. The maximum Gasteiger partial charge on any atom is 0.226 e. The molecule has 0 atom stereocenters. The fourth-order valence-electron chi connectivity index (χ4n) is 4.57. The minimum absolute atomic E-state index is 0.469. The first kappa shape index (κ1) is 23.0. The van der Waals surface area contributed by atoms with Crippen LogP contribution in [0.4, 0.5) is 0 Å². The summed E-state index contributed by atoms with van der Waals surface area (Å²) in [5.41, 5.74) is 5.84. The van der Waals surface area contributed by atoms with Gasteiger partial charge in [-0.1, -0.05) is 36.4 Å². The lowest BCUT2D eigenvalue weighted by Crippen LogP contribution is -2.22. The fourth-order valence-corrected chi connectivity index (χ4v) is 4.57. The zero-order valence-electron chi connectivity index (χ0n) is 20.7. The van der Waals surface area contributed by atoms with Crippen molar-refractivity contribution in [3.63, 3.8) is 0 Å². The Morgan fingerprint density at radius 3 is 2.32 bits per heavy atom. The average Bonchev–Trinajstić information content (AvgIpc) is 3.25. The molecular weight excluding hydrogens is 476 g/mol. The third kappa shape index (κ3) is 4.02. The lowest BCUT2D eigenvalue weighted by atomic mass is 10.0. The van der Waals surface area contributed by atoms with Gasteiger partial charge >= 0.3 is 0 Å². The van der Waals surface area contributed by atoms with Crippen molar-refractivity contribution in [2.75, 3.05) is 7.11 Å². The van der Waals surface area contributed by atoms with Crippen LogP contribution in [0.15, 0.2) is 102 Å². The quantitative estimate of drug-likeness (QED) is 0.282. The topological polar surface area (TPSA) is 90.2 Å². The number of imidazole rings is 1. The van der Waals surface area contributed by atoms with Gasteiger partial charge in [0, 0.05) is 18.5 Å². The SMILES string of the molecule is COc1ccc(-n2/c(=N\C#N)n(C)c3cnc4ccc(-c5ccc(Oc6ccccc6)cc5)cc4c32)cn1. The van der Waals surface area contributed by atoms with Crippen molar-refractivity contribution in [1.82, 2.24) is 19.1 Å². The number of fused-ring (bicyclic) bond motifs is 3. The van der Waals surface area contributed by atoms with E-state index in [1.165, 1.54) is 0 Å². The number of pyridine rings is 2. The zero-order valence-corrected chi connectivity index (χ0v) is 20.7. The van der Waals surface area contributed by atoms with E-state index in [2.05, 4.69) is 27.1 Å². The van der Waals surface area contributed by atoms with E-state index < -0.39 is 0 Å². The van der Waals surface area contributed by atoms with Gasteiger partial charge in [0.25, 0.3) is 0 Å². The van der Waals surface area contributed by atoms with Gasteiger partial charge in [0.2, 0.25) is 17.7 Å². The normalized spacial score (nSPS) is 11.6. The molecule has 184 valence electrons. The van der Waals surface area contributed by atoms with Crippen molar-refractivity contribution in [3.8, 4) is 40.4 Å². The highest BCUT2D eigenvalue weighted by Crippen LogP contribution is 2.31. The maximum atomic E-state index is 9.44. The van der Waals surface area contributed by atoms with Gasteiger partial charge in [-0.25, -0.2) is 4.98 Å². The smallest absolute Gasteiger partial charge is 0.226 e. The Balaban J connectivity index is 1.51. The van der Waals surface area contributed by atoms with Crippen LogP contribution in [0.3, 0.4) is 0 Å². The van der Waals surface area contributed by atoms with E-state index in [4.69, 9.17) is 9.47 Å². The fraction of sp³-hybridized carbons (Fsp3) is 0.0667. The van der Waals surface area contributed by atoms with Crippen LogP contribution in [0.25, 0.3) is 38.8 Å². The molecule has 8 nitrogen and oxygen atoms in total. The molecule has 0 N–H and O–H groups in total. The highest BCUT2D eigenvalue weighted by Gasteiger charge is 2.16. The number of hydrogen-bond acceptors (Lipinski definition) is 6. The summed E-state index contributed by atoms with van der Waals surface area (Å²) in [6.45, 7) is 0. The summed E-state index contributed by atoms with van der Waals surface area (Å²) in [5, 5.41) is 10.4. The Hall–Kier alpha value is -5.42. The second-order valence-corrected chi connectivity index (χ2v) is 8.63. The summed E-state index contributed by atoms with van der Waals surface area (Å²) in [7, 11) is 3.44. The number of rotatable bonds is 5. The minimum Gasteiger partial charge on any atom is -0.481 e. The van der Waals surface area contributed by atoms with Crippen molar-refractivity contribution < 1.29 is 9.47 Å². The molecule has 0 saturated carbocycles. The standard InChI is InChI=1S/C30H22N6O2/c1-35-27-18-32-26-14-10-21(20-8-12-24(13-9-20)38-23-6-4-3-5-7-23)16-25(26)29(27)36(30(35)34-19-31)22-11-15-28(37-2)33-17-22/h3-18H,1-2H3/b34-30-. The molecule has 8 heteroatoms. The first-order chi connectivity index (χ1) is 18.7. The number of aryl methyl sites for hydroxylation is 1.